The average molecular weight is 220 g/mol. The fourth-order valence-corrected chi connectivity index (χ4v) is 1.60. The largest absolute Gasteiger partial charge is 0.467 e. The SMILES string of the molecule is Cn1ccc(CNCC(O)c2ccco2)c1. The van der Waals surface area contributed by atoms with E-state index in [1.54, 1.807) is 18.4 Å². The second-order valence-corrected chi connectivity index (χ2v) is 3.85. The van der Waals surface area contributed by atoms with Crippen molar-refractivity contribution < 1.29 is 9.52 Å². The number of hydrogen-bond donors (Lipinski definition) is 2. The molecule has 2 N–H and O–H groups in total. The minimum atomic E-state index is -0.585. The van der Waals surface area contributed by atoms with Crippen molar-refractivity contribution in [2.75, 3.05) is 6.54 Å². The standard InChI is InChI=1S/C12H16N2O2/c1-14-5-4-10(9-14)7-13-8-11(15)12-3-2-6-16-12/h2-6,9,11,13,15H,7-8H2,1H3. The summed E-state index contributed by atoms with van der Waals surface area (Å²) in [6.07, 6.45) is 5.03. The van der Waals surface area contributed by atoms with Crippen molar-refractivity contribution >= 4 is 0 Å². The van der Waals surface area contributed by atoms with Crippen LogP contribution in [0.15, 0.2) is 41.3 Å². The van der Waals surface area contributed by atoms with Crippen LogP contribution in [-0.2, 0) is 13.6 Å². The summed E-state index contributed by atoms with van der Waals surface area (Å²) in [6, 6.07) is 5.59. The molecule has 4 nitrogen and oxygen atoms in total. The van der Waals surface area contributed by atoms with Gasteiger partial charge in [0.2, 0.25) is 0 Å². The third-order valence-electron chi connectivity index (χ3n) is 2.43. The Labute approximate surface area is 94.5 Å². The molecule has 2 aromatic rings. The molecule has 2 rings (SSSR count). The van der Waals surface area contributed by atoms with Gasteiger partial charge in [0.1, 0.15) is 11.9 Å². The first-order valence-corrected chi connectivity index (χ1v) is 5.29. The molecule has 0 saturated carbocycles. The van der Waals surface area contributed by atoms with Crippen LogP contribution in [0.4, 0.5) is 0 Å². The summed E-state index contributed by atoms with van der Waals surface area (Å²) < 4.78 is 7.11. The van der Waals surface area contributed by atoms with Crippen LogP contribution in [0, 0.1) is 0 Å². The Morgan fingerprint density at radius 3 is 3.00 bits per heavy atom. The predicted octanol–water partition coefficient (Wildman–Crippen LogP) is 1.44. The van der Waals surface area contributed by atoms with Crippen molar-refractivity contribution in [1.29, 1.82) is 0 Å². The van der Waals surface area contributed by atoms with Gasteiger partial charge in [-0.05, 0) is 23.8 Å². The van der Waals surface area contributed by atoms with Crippen LogP contribution < -0.4 is 5.32 Å². The number of aromatic nitrogens is 1. The molecule has 4 heteroatoms. The summed E-state index contributed by atoms with van der Waals surface area (Å²) in [5.41, 5.74) is 1.20. The van der Waals surface area contributed by atoms with Gasteiger partial charge < -0.3 is 19.4 Å². The summed E-state index contributed by atoms with van der Waals surface area (Å²) >= 11 is 0. The highest BCUT2D eigenvalue weighted by Crippen LogP contribution is 2.11. The number of nitrogens with one attached hydrogen (secondary N) is 1. The van der Waals surface area contributed by atoms with Crippen molar-refractivity contribution in [1.82, 2.24) is 9.88 Å². The quantitative estimate of drug-likeness (QED) is 0.801. The molecule has 0 radical (unpaired) electrons. The number of aliphatic hydroxyl groups excluding tert-OH is 1. The summed E-state index contributed by atoms with van der Waals surface area (Å²) in [4.78, 5) is 0. The van der Waals surface area contributed by atoms with Crippen molar-refractivity contribution in [3.8, 4) is 0 Å². The molecule has 2 heterocycles. The highest BCUT2D eigenvalue weighted by Gasteiger charge is 2.09. The molecule has 0 aliphatic carbocycles. The molecule has 0 bridgehead atoms. The van der Waals surface area contributed by atoms with Crippen LogP contribution >= 0.6 is 0 Å². The molecule has 0 fully saturated rings. The Hall–Kier alpha value is -1.52. The van der Waals surface area contributed by atoms with Gasteiger partial charge in [-0.25, -0.2) is 0 Å². The van der Waals surface area contributed by atoms with E-state index in [0.717, 1.165) is 6.54 Å². The van der Waals surface area contributed by atoms with Gasteiger partial charge in [-0.1, -0.05) is 0 Å². The maximum atomic E-state index is 9.73. The normalized spacial score (nSPS) is 12.9. The molecule has 0 amide bonds. The van der Waals surface area contributed by atoms with Crippen LogP contribution in [0.25, 0.3) is 0 Å². The average Bonchev–Trinajstić information content (AvgIpc) is 2.89. The first-order valence-electron chi connectivity index (χ1n) is 5.29. The molecule has 0 saturated heterocycles. The van der Waals surface area contributed by atoms with Crippen LogP contribution in [-0.4, -0.2) is 16.2 Å². The fourth-order valence-electron chi connectivity index (χ4n) is 1.60. The van der Waals surface area contributed by atoms with Gasteiger partial charge in [-0.15, -0.1) is 0 Å². The van der Waals surface area contributed by atoms with Crippen molar-refractivity contribution in [2.24, 2.45) is 7.05 Å². The number of furan rings is 1. The number of aryl methyl sites for hydroxylation is 1. The summed E-state index contributed by atoms with van der Waals surface area (Å²) in [7, 11) is 1.99. The molecule has 86 valence electrons. The first kappa shape index (κ1) is 11.0. The lowest BCUT2D eigenvalue weighted by Gasteiger charge is -2.08. The minimum absolute atomic E-state index is 0.488. The Morgan fingerprint density at radius 1 is 1.50 bits per heavy atom. The first-order chi connectivity index (χ1) is 7.75. The summed E-state index contributed by atoms with van der Waals surface area (Å²) in [5.74, 6) is 0.598. The van der Waals surface area contributed by atoms with E-state index >= 15 is 0 Å². The monoisotopic (exact) mass is 220 g/mol. The van der Waals surface area contributed by atoms with Crippen LogP contribution in [0.3, 0.4) is 0 Å². The zero-order chi connectivity index (χ0) is 11.4. The van der Waals surface area contributed by atoms with Crippen LogP contribution in [0.1, 0.15) is 17.4 Å². The van der Waals surface area contributed by atoms with E-state index < -0.39 is 6.10 Å². The van der Waals surface area contributed by atoms with Crippen LogP contribution in [0.5, 0.6) is 0 Å². The lowest BCUT2D eigenvalue weighted by Crippen LogP contribution is -2.20. The van der Waals surface area contributed by atoms with E-state index in [4.69, 9.17) is 4.42 Å². The maximum Gasteiger partial charge on any atom is 0.133 e. The molecule has 16 heavy (non-hydrogen) atoms. The van der Waals surface area contributed by atoms with E-state index in [-0.39, 0.29) is 0 Å². The Balaban J connectivity index is 1.76. The molecule has 0 aromatic carbocycles. The highest BCUT2D eigenvalue weighted by molar-refractivity contribution is 5.09. The molecular formula is C12H16N2O2. The van der Waals surface area contributed by atoms with Gasteiger partial charge in [-0.3, -0.25) is 0 Å². The lowest BCUT2D eigenvalue weighted by molar-refractivity contribution is 0.147. The molecular weight excluding hydrogens is 204 g/mol. The van der Waals surface area contributed by atoms with Crippen molar-refractivity contribution in [3.63, 3.8) is 0 Å². The molecule has 1 atom stereocenters. The fraction of sp³-hybridized carbons (Fsp3) is 0.333. The van der Waals surface area contributed by atoms with Gasteiger partial charge in [0, 0.05) is 32.5 Å². The molecule has 1 unspecified atom stereocenters. The van der Waals surface area contributed by atoms with E-state index in [2.05, 4.69) is 5.32 Å². The van der Waals surface area contributed by atoms with Gasteiger partial charge in [-0.2, -0.15) is 0 Å². The smallest absolute Gasteiger partial charge is 0.133 e. The third kappa shape index (κ3) is 2.74. The topological polar surface area (TPSA) is 50.3 Å². The maximum absolute atomic E-state index is 9.73. The zero-order valence-electron chi connectivity index (χ0n) is 9.26. The Morgan fingerprint density at radius 2 is 2.38 bits per heavy atom. The van der Waals surface area contributed by atoms with Gasteiger partial charge in [0.25, 0.3) is 0 Å². The van der Waals surface area contributed by atoms with Crippen LogP contribution in [0.2, 0.25) is 0 Å². The second-order valence-electron chi connectivity index (χ2n) is 3.85. The van der Waals surface area contributed by atoms with E-state index in [1.807, 2.05) is 30.1 Å². The van der Waals surface area contributed by atoms with E-state index in [0.29, 0.717) is 12.3 Å². The highest BCUT2D eigenvalue weighted by atomic mass is 16.4. The second kappa shape index (κ2) is 5.01. The summed E-state index contributed by atoms with van der Waals surface area (Å²) in [6.45, 7) is 1.24. The van der Waals surface area contributed by atoms with Crippen molar-refractivity contribution in [3.05, 3.63) is 48.2 Å². The Kier molecular flexibility index (Phi) is 3.44. The molecule has 0 aliphatic rings. The number of rotatable bonds is 5. The lowest BCUT2D eigenvalue weighted by atomic mass is 10.2. The number of aliphatic hydroxyl groups is 1. The Bertz CT molecular complexity index is 420. The number of nitrogens with zero attached hydrogens (tertiary/aromatic N) is 1. The summed E-state index contributed by atoms with van der Waals surface area (Å²) in [5, 5.41) is 12.9. The molecule has 0 spiro atoms. The van der Waals surface area contributed by atoms with E-state index in [1.165, 1.54) is 5.56 Å². The van der Waals surface area contributed by atoms with Crippen molar-refractivity contribution in [2.45, 2.75) is 12.6 Å². The number of hydrogen-bond acceptors (Lipinski definition) is 3. The van der Waals surface area contributed by atoms with Gasteiger partial charge in [0.05, 0.1) is 6.26 Å². The molecule has 0 aliphatic heterocycles. The molecule has 2 aromatic heterocycles. The minimum Gasteiger partial charge on any atom is -0.467 e. The van der Waals surface area contributed by atoms with Gasteiger partial charge >= 0.3 is 0 Å². The zero-order valence-corrected chi connectivity index (χ0v) is 9.26. The predicted molar refractivity (Wildman–Crippen MR) is 60.8 cm³/mol. The van der Waals surface area contributed by atoms with Gasteiger partial charge in [0.15, 0.2) is 0 Å². The third-order valence-corrected chi connectivity index (χ3v) is 2.43. The van der Waals surface area contributed by atoms with E-state index in [9.17, 15) is 5.11 Å².